The second kappa shape index (κ2) is 11.3. The van der Waals surface area contributed by atoms with Crippen molar-refractivity contribution in [2.75, 3.05) is 32.5 Å². The van der Waals surface area contributed by atoms with Crippen LogP contribution >= 0.6 is 0 Å². The first-order valence-corrected chi connectivity index (χ1v) is 14.9. The second-order valence-electron chi connectivity index (χ2n) is 10.8. The van der Waals surface area contributed by atoms with Crippen molar-refractivity contribution in [3.05, 3.63) is 81.8 Å². The lowest BCUT2D eigenvalue weighted by atomic mass is 9.70. The average Bonchev–Trinajstić information content (AvgIpc) is 3.38. The summed E-state index contributed by atoms with van der Waals surface area (Å²) in [7, 11) is -0.691. The van der Waals surface area contributed by atoms with Crippen LogP contribution in [0.25, 0.3) is 10.9 Å². The highest BCUT2D eigenvalue weighted by molar-refractivity contribution is 7.89. The Balaban J connectivity index is 1.44. The van der Waals surface area contributed by atoms with Crippen molar-refractivity contribution in [3.63, 3.8) is 0 Å². The molecule has 0 spiro atoms. The highest BCUT2D eigenvalue weighted by atomic mass is 32.2. The first-order valence-electron chi connectivity index (χ1n) is 13.4. The number of rotatable bonds is 8. The Morgan fingerprint density at radius 3 is 2.38 bits per heavy atom. The van der Waals surface area contributed by atoms with E-state index in [-0.39, 0.29) is 33.6 Å². The fraction of sp³-hybridized carbons (Fsp3) is 0.345. The molecule has 2 aromatic heterocycles. The van der Waals surface area contributed by atoms with E-state index in [0.717, 1.165) is 9.87 Å². The third kappa shape index (κ3) is 5.17. The fourth-order valence-electron chi connectivity index (χ4n) is 5.73. The maximum Gasteiger partial charge on any atom is 0.261 e. The minimum Gasteiger partial charge on any atom is -0.338 e. The number of aromatic nitrogens is 3. The molecule has 220 valence electrons. The number of benzene rings is 2. The number of fused-ring (bicyclic) bond motifs is 1. The molecule has 0 aliphatic carbocycles. The normalized spacial score (nSPS) is 16.4. The van der Waals surface area contributed by atoms with Crippen LogP contribution < -0.4 is 10.9 Å². The molecular weight excluding hydrogens is 564 g/mol. The second-order valence-corrected chi connectivity index (χ2v) is 12.9. The largest absolute Gasteiger partial charge is 0.338 e. The van der Waals surface area contributed by atoms with Crippen LogP contribution in [0.15, 0.2) is 58.4 Å². The molecule has 0 saturated carbocycles. The number of sulfonamides is 1. The molecule has 1 unspecified atom stereocenters. The lowest BCUT2D eigenvalue weighted by molar-refractivity contribution is 0.119. The Kier molecular flexibility index (Phi) is 7.89. The van der Waals surface area contributed by atoms with Gasteiger partial charge in [-0.3, -0.25) is 14.8 Å². The van der Waals surface area contributed by atoms with Crippen molar-refractivity contribution in [2.24, 2.45) is 0 Å². The molecule has 10 nitrogen and oxygen atoms in total. The number of nitrogens with zero attached hydrogens (tertiary/aromatic N) is 4. The molecule has 3 N–H and O–H groups in total. The number of halogens is 2. The number of pyridine rings is 1. The van der Waals surface area contributed by atoms with Gasteiger partial charge in [0, 0.05) is 55.0 Å². The summed E-state index contributed by atoms with van der Waals surface area (Å²) in [4.78, 5) is 17.9. The van der Waals surface area contributed by atoms with Gasteiger partial charge in [-0.05, 0) is 69.3 Å². The van der Waals surface area contributed by atoms with E-state index in [0.29, 0.717) is 37.1 Å². The Morgan fingerprint density at radius 1 is 1.14 bits per heavy atom. The van der Waals surface area contributed by atoms with Gasteiger partial charge in [0.25, 0.3) is 5.56 Å². The van der Waals surface area contributed by atoms with E-state index in [1.807, 2.05) is 4.90 Å². The molecule has 0 bridgehead atoms. The zero-order valence-electron chi connectivity index (χ0n) is 23.4. The zero-order chi connectivity index (χ0) is 30.2. The van der Waals surface area contributed by atoms with Gasteiger partial charge in [0.1, 0.15) is 17.0 Å². The molecule has 3 heterocycles. The summed E-state index contributed by atoms with van der Waals surface area (Å²) in [6.45, 7) is 2.74. The number of piperidine rings is 1. The van der Waals surface area contributed by atoms with E-state index in [2.05, 4.69) is 26.6 Å². The molecule has 1 saturated heterocycles. The first kappa shape index (κ1) is 29.4. The summed E-state index contributed by atoms with van der Waals surface area (Å²) >= 11 is 0. The van der Waals surface area contributed by atoms with Gasteiger partial charge in [-0.25, -0.2) is 21.5 Å². The monoisotopic (exact) mass is 595 g/mol. The van der Waals surface area contributed by atoms with E-state index in [1.165, 1.54) is 44.4 Å². The minimum atomic E-state index is -3.60. The van der Waals surface area contributed by atoms with Crippen LogP contribution in [0, 0.1) is 23.0 Å². The molecule has 1 fully saturated rings. The number of aromatic amines is 2. The molecule has 1 aliphatic heterocycles. The minimum absolute atomic E-state index is 0.0216. The van der Waals surface area contributed by atoms with E-state index in [4.69, 9.17) is 0 Å². The van der Waals surface area contributed by atoms with Crippen molar-refractivity contribution in [2.45, 2.75) is 42.5 Å². The molecule has 13 heteroatoms. The summed E-state index contributed by atoms with van der Waals surface area (Å²) in [6, 6.07) is 11.7. The van der Waals surface area contributed by atoms with Gasteiger partial charge in [0.2, 0.25) is 10.0 Å². The molecule has 1 aliphatic rings. The number of likely N-dealkylation sites (tertiary alicyclic amines) is 1. The van der Waals surface area contributed by atoms with Gasteiger partial charge >= 0.3 is 0 Å². The lowest BCUT2D eigenvalue weighted by Gasteiger charge is -2.43. The molecule has 0 amide bonds. The maximum atomic E-state index is 14.5. The summed E-state index contributed by atoms with van der Waals surface area (Å²) in [5, 5.41) is 20.5. The van der Waals surface area contributed by atoms with Crippen molar-refractivity contribution >= 4 is 32.4 Å². The molecule has 1 atom stereocenters. The standard InChI is InChI=1S/C29H31F2N7O3S/c1-18(24-22(30)5-4-6-23(24)31)38-15-12-29(11-14-32,13-16-38)21-17-33-28(39)25-26(21)35-36-27(25)34-19-7-9-20(10-8-19)42(40,41)37(2)3/h4-10,17-18H,11-13,15-16H2,1-3H3,(H,33,39)(H2,34,35,36). The lowest BCUT2D eigenvalue weighted by Crippen LogP contribution is -2.44. The topological polar surface area (TPSA) is 138 Å². The molecule has 2 aromatic carbocycles. The average molecular weight is 596 g/mol. The third-order valence-corrected chi connectivity index (χ3v) is 10.0. The predicted molar refractivity (Wildman–Crippen MR) is 155 cm³/mol. The number of hydrogen-bond acceptors (Lipinski definition) is 7. The number of H-pyrrole nitrogens is 2. The van der Waals surface area contributed by atoms with Crippen LogP contribution in [0.5, 0.6) is 0 Å². The molecular formula is C29H31F2N7O3S. The van der Waals surface area contributed by atoms with Gasteiger partial charge in [-0.15, -0.1) is 0 Å². The predicted octanol–water partition coefficient (Wildman–Crippen LogP) is 4.53. The van der Waals surface area contributed by atoms with Crippen LogP contribution in [0.4, 0.5) is 20.3 Å². The van der Waals surface area contributed by atoms with Gasteiger partial charge in [0.05, 0.1) is 16.5 Å². The van der Waals surface area contributed by atoms with Crippen molar-refractivity contribution in [1.29, 1.82) is 5.26 Å². The van der Waals surface area contributed by atoms with Gasteiger partial charge in [-0.1, -0.05) is 6.07 Å². The number of nitriles is 1. The summed E-state index contributed by atoms with van der Waals surface area (Å²) in [5.74, 6) is -0.931. The quantitative estimate of drug-likeness (QED) is 0.272. The molecule has 42 heavy (non-hydrogen) atoms. The van der Waals surface area contributed by atoms with E-state index < -0.39 is 33.1 Å². The highest BCUT2D eigenvalue weighted by Gasteiger charge is 2.40. The Labute approximate surface area is 242 Å². The third-order valence-electron chi connectivity index (χ3n) is 8.22. The summed E-state index contributed by atoms with van der Waals surface area (Å²) in [5.41, 5.74) is 0.757. The van der Waals surface area contributed by atoms with Gasteiger partial charge in [0.15, 0.2) is 5.82 Å². The van der Waals surface area contributed by atoms with Crippen LogP contribution in [0.1, 0.15) is 43.4 Å². The Hall–Kier alpha value is -4.12. The first-order chi connectivity index (χ1) is 20.0. The van der Waals surface area contributed by atoms with Crippen molar-refractivity contribution in [3.8, 4) is 6.07 Å². The SMILES string of the molecule is CC(c1c(F)cccc1F)N1CCC(CC#N)(c2c[nH]c(=O)c3c(Nc4ccc(S(=O)(=O)N(C)C)cc4)n[nH]c23)CC1. The van der Waals surface area contributed by atoms with Crippen LogP contribution in [0.3, 0.4) is 0 Å². The van der Waals surface area contributed by atoms with E-state index in [1.54, 1.807) is 25.3 Å². The Bertz CT molecular complexity index is 1800. The summed E-state index contributed by atoms with van der Waals surface area (Å²) in [6.07, 6.45) is 2.83. The zero-order valence-corrected chi connectivity index (χ0v) is 24.2. The fourth-order valence-corrected chi connectivity index (χ4v) is 6.63. The van der Waals surface area contributed by atoms with Crippen molar-refractivity contribution < 1.29 is 17.2 Å². The summed E-state index contributed by atoms with van der Waals surface area (Å²) < 4.78 is 54.9. The number of nitrogens with one attached hydrogen (secondary N) is 3. The van der Waals surface area contributed by atoms with Crippen LogP contribution in [0.2, 0.25) is 0 Å². The number of anilines is 2. The van der Waals surface area contributed by atoms with E-state index in [9.17, 15) is 27.3 Å². The maximum absolute atomic E-state index is 14.5. The van der Waals surface area contributed by atoms with Crippen LogP contribution in [-0.4, -0.2) is 60.0 Å². The highest BCUT2D eigenvalue weighted by Crippen LogP contribution is 2.43. The molecule has 0 radical (unpaired) electrons. The number of hydrogen-bond donors (Lipinski definition) is 3. The smallest absolute Gasteiger partial charge is 0.261 e. The Morgan fingerprint density at radius 2 is 1.79 bits per heavy atom. The van der Waals surface area contributed by atoms with Crippen molar-refractivity contribution in [1.82, 2.24) is 24.4 Å². The van der Waals surface area contributed by atoms with Gasteiger partial charge in [-0.2, -0.15) is 10.4 Å². The van der Waals surface area contributed by atoms with E-state index >= 15 is 0 Å². The molecule has 5 rings (SSSR count). The van der Waals surface area contributed by atoms with Crippen LogP contribution in [-0.2, 0) is 15.4 Å². The van der Waals surface area contributed by atoms with Gasteiger partial charge < -0.3 is 10.3 Å². The molecule has 4 aromatic rings.